The summed E-state index contributed by atoms with van der Waals surface area (Å²) in [6.07, 6.45) is 3.08. The molecule has 7 nitrogen and oxygen atoms in total. The Labute approximate surface area is 180 Å². The third kappa shape index (κ3) is 5.08. The smallest absolute Gasteiger partial charge is 0.261 e. The van der Waals surface area contributed by atoms with Crippen molar-refractivity contribution >= 4 is 45.0 Å². The molecule has 2 N–H and O–H groups in total. The van der Waals surface area contributed by atoms with Crippen molar-refractivity contribution in [1.29, 1.82) is 0 Å². The zero-order chi connectivity index (χ0) is 21.9. The van der Waals surface area contributed by atoms with E-state index in [-0.39, 0.29) is 10.8 Å². The van der Waals surface area contributed by atoms with Gasteiger partial charge >= 0.3 is 0 Å². The minimum absolute atomic E-state index is 0.0169. The molecule has 1 heterocycles. The van der Waals surface area contributed by atoms with Crippen molar-refractivity contribution < 1.29 is 13.2 Å². The highest BCUT2D eigenvalue weighted by Gasteiger charge is 2.15. The van der Waals surface area contributed by atoms with E-state index >= 15 is 0 Å². The Morgan fingerprint density at radius 3 is 2.47 bits per heavy atom. The predicted octanol–water partition coefficient (Wildman–Crippen LogP) is 4.14. The van der Waals surface area contributed by atoms with Gasteiger partial charge in [0.2, 0.25) is 5.91 Å². The lowest BCUT2D eigenvalue weighted by atomic mass is 10.2. The second-order valence-corrected chi connectivity index (χ2v) is 8.79. The maximum absolute atomic E-state index is 12.6. The van der Waals surface area contributed by atoms with E-state index in [9.17, 15) is 13.2 Å². The monoisotopic (exact) mass is 444 g/mol. The van der Waals surface area contributed by atoms with Gasteiger partial charge in [-0.2, -0.15) is 5.10 Å². The molecule has 0 aliphatic heterocycles. The van der Waals surface area contributed by atoms with Crippen LogP contribution in [0.4, 0.5) is 11.4 Å². The summed E-state index contributed by atoms with van der Waals surface area (Å²) < 4.78 is 29.5. The lowest BCUT2D eigenvalue weighted by molar-refractivity contribution is -0.111. The van der Waals surface area contributed by atoms with Gasteiger partial charge in [0.05, 0.1) is 16.3 Å². The first-order valence-electron chi connectivity index (χ1n) is 9.03. The number of aryl methyl sites for hydroxylation is 2. The number of nitrogens with zero attached hydrogens (tertiary/aromatic N) is 2. The fraction of sp³-hybridized carbons (Fsp3) is 0.143. The lowest BCUT2D eigenvalue weighted by Gasteiger charge is -2.10. The first-order chi connectivity index (χ1) is 14.2. The van der Waals surface area contributed by atoms with Crippen molar-refractivity contribution in [2.75, 3.05) is 10.0 Å². The molecule has 3 aromatic rings. The molecule has 0 atom stereocenters. The van der Waals surface area contributed by atoms with E-state index in [2.05, 4.69) is 15.1 Å². The number of halogens is 1. The summed E-state index contributed by atoms with van der Waals surface area (Å²) >= 11 is 5.90. The summed E-state index contributed by atoms with van der Waals surface area (Å²) in [5.41, 5.74) is 3.34. The summed E-state index contributed by atoms with van der Waals surface area (Å²) in [5.74, 6) is -0.380. The van der Waals surface area contributed by atoms with Crippen LogP contribution in [0.1, 0.15) is 17.0 Å². The van der Waals surface area contributed by atoms with Crippen LogP contribution < -0.4 is 10.0 Å². The SMILES string of the molecule is Cc1nn(C)c(C)c1C=CC(=O)Nc1cccc(S(=O)(=O)Nc2cccc(Cl)c2)c1. The van der Waals surface area contributed by atoms with Crippen LogP contribution in [0.2, 0.25) is 5.02 Å². The summed E-state index contributed by atoms with van der Waals surface area (Å²) in [7, 11) is -2.00. The number of benzene rings is 2. The van der Waals surface area contributed by atoms with Crippen LogP contribution in [-0.4, -0.2) is 24.1 Å². The summed E-state index contributed by atoms with van der Waals surface area (Å²) in [4.78, 5) is 12.3. The molecule has 9 heteroatoms. The molecule has 0 aliphatic carbocycles. The minimum atomic E-state index is -3.84. The predicted molar refractivity (Wildman–Crippen MR) is 119 cm³/mol. The fourth-order valence-electron chi connectivity index (χ4n) is 2.88. The van der Waals surface area contributed by atoms with Gasteiger partial charge < -0.3 is 5.32 Å². The summed E-state index contributed by atoms with van der Waals surface area (Å²) in [5, 5.41) is 7.40. The maximum Gasteiger partial charge on any atom is 0.261 e. The normalized spacial score (nSPS) is 11.6. The standard InChI is InChI=1S/C21H21ClN4O3S/c1-14-20(15(2)26(3)24-14)10-11-21(27)23-17-7-5-9-19(13-17)30(28,29)25-18-8-4-6-16(22)12-18/h4-13,25H,1-3H3,(H,23,27). The number of sulfonamides is 1. The van der Waals surface area contributed by atoms with Crippen molar-refractivity contribution in [3.63, 3.8) is 0 Å². The number of aromatic nitrogens is 2. The van der Waals surface area contributed by atoms with Gasteiger partial charge in [0.1, 0.15) is 0 Å². The fourth-order valence-corrected chi connectivity index (χ4v) is 4.17. The van der Waals surface area contributed by atoms with E-state index in [1.54, 1.807) is 41.1 Å². The average molecular weight is 445 g/mol. The molecule has 0 saturated heterocycles. The molecular weight excluding hydrogens is 424 g/mol. The van der Waals surface area contributed by atoms with Gasteiger partial charge in [0, 0.05) is 35.1 Å². The molecule has 0 spiro atoms. The molecule has 1 aromatic heterocycles. The lowest BCUT2D eigenvalue weighted by Crippen LogP contribution is -2.14. The third-order valence-electron chi connectivity index (χ3n) is 4.46. The molecule has 1 amide bonds. The Hall–Kier alpha value is -3.10. The highest BCUT2D eigenvalue weighted by Crippen LogP contribution is 2.21. The van der Waals surface area contributed by atoms with E-state index in [0.29, 0.717) is 16.4 Å². The van der Waals surface area contributed by atoms with Gasteiger partial charge in [-0.1, -0.05) is 23.7 Å². The molecule has 2 aromatic carbocycles. The molecule has 0 fully saturated rings. The number of hydrogen-bond donors (Lipinski definition) is 2. The number of carbonyl (C=O) groups is 1. The molecule has 0 bridgehead atoms. The van der Waals surface area contributed by atoms with Crippen LogP contribution in [0.3, 0.4) is 0 Å². The Morgan fingerprint density at radius 1 is 1.10 bits per heavy atom. The van der Waals surface area contributed by atoms with Crippen molar-refractivity contribution in [2.45, 2.75) is 18.7 Å². The van der Waals surface area contributed by atoms with Crippen molar-refractivity contribution in [3.05, 3.63) is 76.6 Å². The highest BCUT2D eigenvalue weighted by molar-refractivity contribution is 7.92. The number of amides is 1. The molecule has 0 unspecified atom stereocenters. The molecular formula is C21H21ClN4O3S. The Bertz CT molecular complexity index is 1230. The van der Waals surface area contributed by atoms with Crippen LogP contribution in [0.25, 0.3) is 6.08 Å². The molecule has 0 aliphatic rings. The van der Waals surface area contributed by atoms with Gasteiger partial charge in [-0.05, 0) is 56.3 Å². The summed E-state index contributed by atoms with van der Waals surface area (Å²) in [6, 6.07) is 12.4. The Kier molecular flexibility index (Phi) is 6.28. The third-order valence-corrected chi connectivity index (χ3v) is 6.07. The van der Waals surface area contributed by atoms with Crippen LogP contribution in [-0.2, 0) is 21.9 Å². The van der Waals surface area contributed by atoms with E-state index in [0.717, 1.165) is 17.0 Å². The second kappa shape index (κ2) is 8.73. The molecule has 0 saturated carbocycles. The van der Waals surface area contributed by atoms with Crippen molar-refractivity contribution in [1.82, 2.24) is 9.78 Å². The zero-order valence-electron chi connectivity index (χ0n) is 16.7. The minimum Gasteiger partial charge on any atom is -0.322 e. The maximum atomic E-state index is 12.6. The van der Waals surface area contributed by atoms with Gasteiger partial charge in [-0.3, -0.25) is 14.2 Å². The first kappa shape index (κ1) is 21.6. The topological polar surface area (TPSA) is 93.1 Å². The van der Waals surface area contributed by atoms with Crippen LogP contribution in [0, 0.1) is 13.8 Å². The molecule has 3 rings (SSSR count). The van der Waals surface area contributed by atoms with E-state index < -0.39 is 10.0 Å². The molecule has 156 valence electrons. The van der Waals surface area contributed by atoms with Crippen LogP contribution >= 0.6 is 11.6 Å². The number of rotatable bonds is 6. The van der Waals surface area contributed by atoms with Gasteiger partial charge in [0.25, 0.3) is 10.0 Å². The number of hydrogen-bond acceptors (Lipinski definition) is 4. The first-order valence-corrected chi connectivity index (χ1v) is 10.9. The van der Waals surface area contributed by atoms with E-state index in [1.165, 1.54) is 24.3 Å². The van der Waals surface area contributed by atoms with E-state index in [4.69, 9.17) is 11.6 Å². The van der Waals surface area contributed by atoms with Gasteiger partial charge in [0.15, 0.2) is 0 Å². The van der Waals surface area contributed by atoms with Crippen molar-refractivity contribution in [3.8, 4) is 0 Å². The Morgan fingerprint density at radius 2 is 1.80 bits per heavy atom. The molecule has 0 radical (unpaired) electrons. The van der Waals surface area contributed by atoms with E-state index in [1.807, 2.05) is 20.9 Å². The number of carbonyl (C=O) groups excluding carboxylic acids is 1. The number of anilines is 2. The van der Waals surface area contributed by atoms with Crippen LogP contribution in [0.15, 0.2) is 59.5 Å². The van der Waals surface area contributed by atoms with Gasteiger partial charge in [-0.15, -0.1) is 0 Å². The van der Waals surface area contributed by atoms with Crippen molar-refractivity contribution in [2.24, 2.45) is 7.05 Å². The summed E-state index contributed by atoms with van der Waals surface area (Å²) in [6.45, 7) is 3.78. The molecule has 30 heavy (non-hydrogen) atoms. The van der Waals surface area contributed by atoms with Gasteiger partial charge in [-0.25, -0.2) is 8.42 Å². The second-order valence-electron chi connectivity index (χ2n) is 6.67. The quantitative estimate of drug-likeness (QED) is 0.558. The largest absolute Gasteiger partial charge is 0.322 e. The highest BCUT2D eigenvalue weighted by atomic mass is 35.5. The Balaban J connectivity index is 1.75. The zero-order valence-corrected chi connectivity index (χ0v) is 18.3. The van der Waals surface area contributed by atoms with Crippen LogP contribution in [0.5, 0.6) is 0 Å². The number of nitrogens with one attached hydrogen (secondary N) is 2. The average Bonchev–Trinajstić information content (AvgIpc) is 2.91.